The van der Waals surface area contributed by atoms with E-state index in [0.717, 1.165) is 12.1 Å². The standard InChI is InChI=1S/C6H8AsNO5/c8-4-1-3(7(11,12)13)5(9)2-6(4)10/h1-2,9-10H,8H2,(H2,11,12,13). The molecule has 0 atom stereocenters. The van der Waals surface area contributed by atoms with Crippen LogP contribution < -0.4 is 10.1 Å². The maximum absolute atomic E-state index is 10.8. The number of anilines is 1. The number of benzene rings is 1. The monoisotopic (exact) mass is 249 g/mol. The fourth-order valence-electron chi connectivity index (χ4n) is 0.815. The van der Waals surface area contributed by atoms with Gasteiger partial charge in [-0.15, -0.1) is 0 Å². The Morgan fingerprint density at radius 3 is 2.15 bits per heavy atom. The molecule has 1 aromatic carbocycles. The van der Waals surface area contributed by atoms with Gasteiger partial charge in [0.2, 0.25) is 0 Å². The van der Waals surface area contributed by atoms with Crippen LogP contribution in [0.25, 0.3) is 0 Å². The molecule has 0 amide bonds. The Morgan fingerprint density at radius 2 is 1.69 bits per heavy atom. The number of hydrogen-bond donors (Lipinski definition) is 5. The van der Waals surface area contributed by atoms with Gasteiger partial charge in [0.05, 0.1) is 0 Å². The molecular formula is C6H8AsNO5. The Hall–Kier alpha value is -1.10. The van der Waals surface area contributed by atoms with Crippen molar-refractivity contribution in [2.45, 2.75) is 0 Å². The van der Waals surface area contributed by atoms with Gasteiger partial charge in [-0.05, 0) is 0 Å². The van der Waals surface area contributed by atoms with Crippen molar-refractivity contribution >= 4 is 24.2 Å². The molecule has 6 N–H and O–H groups in total. The zero-order valence-corrected chi connectivity index (χ0v) is 8.25. The van der Waals surface area contributed by atoms with Gasteiger partial charge in [-0.25, -0.2) is 0 Å². The van der Waals surface area contributed by atoms with Crippen LogP contribution in [0.3, 0.4) is 0 Å². The first-order chi connectivity index (χ1) is 5.82. The van der Waals surface area contributed by atoms with E-state index in [9.17, 15) is 3.74 Å². The normalized spacial score (nSPS) is 11.5. The second-order valence-electron chi connectivity index (χ2n) is 2.44. The zero-order chi connectivity index (χ0) is 10.2. The number of phenolic OH excluding ortho intramolecular Hbond substituents is 2. The van der Waals surface area contributed by atoms with E-state index < -0.39 is 30.0 Å². The van der Waals surface area contributed by atoms with Gasteiger partial charge in [0, 0.05) is 0 Å². The van der Waals surface area contributed by atoms with E-state index in [1.807, 2.05) is 0 Å². The summed E-state index contributed by atoms with van der Waals surface area (Å²) < 4.78 is 27.8. The second-order valence-corrected chi connectivity index (χ2v) is 5.74. The van der Waals surface area contributed by atoms with Crippen LogP contribution in [-0.2, 0) is 3.74 Å². The Labute approximate surface area is 76.2 Å². The van der Waals surface area contributed by atoms with Crippen molar-refractivity contribution in [1.29, 1.82) is 0 Å². The number of rotatable bonds is 1. The fourth-order valence-corrected chi connectivity index (χ4v) is 2.22. The van der Waals surface area contributed by atoms with E-state index in [1.165, 1.54) is 0 Å². The Balaban J connectivity index is 3.41. The van der Waals surface area contributed by atoms with E-state index in [0.29, 0.717) is 0 Å². The molecule has 0 aliphatic heterocycles. The second kappa shape index (κ2) is 2.99. The molecule has 0 fully saturated rings. The van der Waals surface area contributed by atoms with Crippen molar-refractivity contribution in [3.8, 4) is 11.5 Å². The summed E-state index contributed by atoms with van der Waals surface area (Å²) in [5.74, 6) is -1.07. The number of nitrogens with two attached hydrogens (primary N) is 1. The van der Waals surface area contributed by atoms with E-state index in [-0.39, 0.29) is 5.69 Å². The van der Waals surface area contributed by atoms with Crippen molar-refractivity contribution in [2.24, 2.45) is 0 Å². The van der Waals surface area contributed by atoms with Crippen LogP contribution in [0, 0.1) is 0 Å². The molecule has 0 bridgehead atoms. The molecule has 1 aromatic rings. The van der Waals surface area contributed by atoms with Crippen LogP contribution >= 0.6 is 0 Å². The van der Waals surface area contributed by atoms with E-state index in [2.05, 4.69) is 0 Å². The van der Waals surface area contributed by atoms with Gasteiger partial charge in [-0.2, -0.15) is 0 Å². The fraction of sp³-hybridized carbons (Fsp3) is 0. The summed E-state index contributed by atoms with van der Waals surface area (Å²) in [6.45, 7) is 0. The Kier molecular flexibility index (Phi) is 2.30. The van der Waals surface area contributed by atoms with Crippen molar-refractivity contribution in [1.82, 2.24) is 0 Å². The molecule has 7 heteroatoms. The molecule has 6 nitrogen and oxygen atoms in total. The maximum atomic E-state index is 10.8. The number of phenols is 2. The van der Waals surface area contributed by atoms with Crippen LogP contribution in [-0.4, -0.2) is 32.6 Å². The van der Waals surface area contributed by atoms with E-state index >= 15 is 0 Å². The molecule has 0 aliphatic carbocycles. The summed E-state index contributed by atoms with van der Waals surface area (Å²) in [5, 5.41) is 18.0. The quantitative estimate of drug-likeness (QED) is 0.174. The Morgan fingerprint density at radius 1 is 1.15 bits per heavy atom. The molecule has 72 valence electrons. The summed E-state index contributed by atoms with van der Waals surface area (Å²) in [6, 6.07) is 1.66. The summed E-state index contributed by atoms with van der Waals surface area (Å²) in [6.07, 6.45) is 0. The minimum absolute atomic E-state index is 0.183. The molecule has 1 rings (SSSR count). The average Bonchev–Trinajstić information content (AvgIpc) is 1.94. The van der Waals surface area contributed by atoms with Crippen molar-refractivity contribution < 1.29 is 22.1 Å². The van der Waals surface area contributed by atoms with Gasteiger partial charge in [-0.3, -0.25) is 0 Å². The van der Waals surface area contributed by atoms with Crippen LogP contribution in [0.2, 0.25) is 0 Å². The van der Waals surface area contributed by atoms with Crippen LogP contribution in [0.4, 0.5) is 5.69 Å². The molecule has 0 spiro atoms. The van der Waals surface area contributed by atoms with Gasteiger partial charge in [0.25, 0.3) is 0 Å². The molecule has 0 saturated heterocycles. The van der Waals surface area contributed by atoms with Crippen LogP contribution in [0.15, 0.2) is 12.1 Å². The molecule has 13 heavy (non-hydrogen) atoms. The average molecular weight is 249 g/mol. The summed E-state index contributed by atoms with van der Waals surface area (Å²) in [4.78, 5) is 0. The first-order valence-corrected chi connectivity index (χ1v) is 6.58. The molecule has 0 saturated carbocycles. The first kappa shape index (κ1) is 9.98. The van der Waals surface area contributed by atoms with Gasteiger partial charge >= 0.3 is 75.7 Å². The number of hydrogen-bond acceptors (Lipinski definition) is 4. The minimum atomic E-state index is -5.16. The Bertz CT molecular complexity index is 385. The topological polar surface area (TPSA) is 124 Å². The van der Waals surface area contributed by atoms with Crippen LogP contribution in [0.5, 0.6) is 11.5 Å². The molecule has 0 aromatic heterocycles. The summed E-state index contributed by atoms with van der Waals surface area (Å²) in [5.41, 5.74) is 5.01. The van der Waals surface area contributed by atoms with Gasteiger partial charge < -0.3 is 0 Å². The van der Waals surface area contributed by atoms with Crippen molar-refractivity contribution in [3.63, 3.8) is 0 Å². The van der Waals surface area contributed by atoms with Crippen molar-refractivity contribution in [2.75, 3.05) is 5.73 Å². The SMILES string of the molecule is Nc1cc([As](=O)(O)O)c(O)cc1O. The van der Waals surface area contributed by atoms with Gasteiger partial charge in [0.1, 0.15) is 0 Å². The third kappa shape index (κ3) is 1.98. The van der Waals surface area contributed by atoms with E-state index in [4.69, 9.17) is 24.1 Å². The number of nitrogen functional groups attached to an aromatic ring is 1. The molecular weight excluding hydrogens is 241 g/mol. The molecule has 0 heterocycles. The molecule has 0 unspecified atom stereocenters. The number of aromatic hydroxyl groups is 2. The first-order valence-electron chi connectivity index (χ1n) is 3.20. The van der Waals surface area contributed by atoms with Crippen LogP contribution in [0.1, 0.15) is 0 Å². The summed E-state index contributed by atoms with van der Waals surface area (Å²) in [7, 11) is 0. The van der Waals surface area contributed by atoms with E-state index in [1.54, 1.807) is 0 Å². The summed E-state index contributed by atoms with van der Waals surface area (Å²) >= 11 is -5.16. The molecule has 0 radical (unpaired) electrons. The predicted molar refractivity (Wildman–Crippen MR) is 44.7 cm³/mol. The predicted octanol–water partition coefficient (Wildman–Crippen LogP) is -1.76. The zero-order valence-electron chi connectivity index (χ0n) is 6.38. The van der Waals surface area contributed by atoms with Gasteiger partial charge in [0.15, 0.2) is 0 Å². The molecule has 0 aliphatic rings. The third-order valence-corrected chi connectivity index (χ3v) is 3.51. The van der Waals surface area contributed by atoms with Gasteiger partial charge in [-0.1, -0.05) is 0 Å². The third-order valence-electron chi connectivity index (χ3n) is 1.44. The van der Waals surface area contributed by atoms with Crippen molar-refractivity contribution in [3.05, 3.63) is 12.1 Å².